The minimum absolute atomic E-state index is 0.187. The molecule has 0 bridgehead atoms. The molecule has 1 aliphatic heterocycles. The number of likely N-dealkylation sites (N-methyl/N-ethyl adjacent to an activating group) is 1. The molecule has 3 rings (SSSR count). The molecule has 1 aromatic heterocycles. The molecule has 0 N–H and O–H groups in total. The van der Waals surface area contributed by atoms with Crippen LogP contribution in [0.4, 0.5) is 0 Å². The molecule has 6 heteroatoms. The molecule has 1 aliphatic rings. The zero-order valence-corrected chi connectivity index (χ0v) is 16.1. The Morgan fingerprint density at radius 1 is 1.19 bits per heavy atom. The number of piperazine rings is 1. The van der Waals surface area contributed by atoms with Gasteiger partial charge < -0.3 is 14.2 Å². The molecule has 1 unspecified atom stereocenters. The van der Waals surface area contributed by atoms with Crippen LogP contribution in [0.5, 0.6) is 5.75 Å². The van der Waals surface area contributed by atoms with Crippen molar-refractivity contribution in [2.75, 3.05) is 53.4 Å². The Bertz CT molecular complexity index is 654. The van der Waals surface area contributed by atoms with Crippen LogP contribution in [0, 0.1) is 0 Å². The molecule has 142 valence electrons. The van der Waals surface area contributed by atoms with E-state index in [-0.39, 0.29) is 6.04 Å². The molecular weight excluding hydrogens is 328 g/mol. The smallest absolute Gasteiger partial charge is 0.124 e. The lowest BCUT2D eigenvalue weighted by atomic mass is 10.1. The van der Waals surface area contributed by atoms with Gasteiger partial charge in [0, 0.05) is 50.9 Å². The second-order valence-corrected chi connectivity index (χ2v) is 7.12. The van der Waals surface area contributed by atoms with E-state index in [1.807, 2.05) is 12.1 Å². The molecule has 1 saturated heterocycles. The van der Waals surface area contributed by atoms with Crippen molar-refractivity contribution in [1.29, 1.82) is 0 Å². The first-order valence-electron chi connectivity index (χ1n) is 9.35. The van der Waals surface area contributed by atoms with Gasteiger partial charge in [0.25, 0.3) is 0 Å². The number of nitrogens with zero attached hydrogens (tertiary/aromatic N) is 4. The van der Waals surface area contributed by atoms with Gasteiger partial charge in [0.1, 0.15) is 24.3 Å². The summed E-state index contributed by atoms with van der Waals surface area (Å²) in [6, 6.07) is 10.4. The fraction of sp³-hybridized carbons (Fsp3) is 0.550. The fourth-order valence-electron chi connectivity index (χ4n) is 3.20. The summed E-state index contributed by atoms with van der Waals surface area (Å²) in [6.07, 6.45) is 1.62. The van der Waals surface area contributed by atoms with Crippen molar-refractivity contribution >= 4 is 0 Å². The summed E-state index contributed by atoms with van der Waals surface area (Å²) in [5.74, 6) is 0.973. The van der Waals surface area contributed by atoms with Gasteiger partial charge >= 0.3 is 0 Å². The van der Waals surface area contributed by atoms with Crippen LogP contribution in [-0.4, -0.2) is 73.3 Å². The lowest BCUT2D eigenvalue weighted by molar-refractivity contribution is 0.133. The van der Waals surface area contributed by atoms with Crippen molar-refractivity contribution in [2.45, 2.75) is 19.5 Å². The van der Waals surface area contributed by atoms with E-state index in [9.17, 15) is 0 Å². The standard InChI is InChI=1S/C20H30N4O2/c1-17(19-8-14-26-21-19)23(3)16-18-6-4-5-7-20(18)25-15-13-24-11-9-22(2)10-12-24/h4-8,14,17H,9-13,15-16H2,1-3H3. The van der Waals surface area contributed by atoms with Gasteiger partial charge in [-0.1, -0.05) is 23.4 Å². The monoisotopic (exact) mass is 358 g/mol. The van der Waals surface area contributed by atoms with Gasteiger partial charge in [-0.3, -0.25) is 9.80 Å². The third-order valence-corrected chi connectivity index (χ3v) is 5.20. The largest absolute Gasteiger partial charge is 0.492 e. The van der Waals surface area contributed by atoms with Crippen molar-refractivity contribution in [1.82, 2.24) is 19.9 Å². The van der Waals surface area contributed by atoms with Crippen molar-refractivity contribution < 1.29 is 9.26 Å². The van der Waals surface area contributed by atoms with Crippen LogP contribution in [0.2, 0.25) is 0 Å². The number of hydrogen-bond acceptors (Lipinski definition) is 6. The first-order chi connectivity index (χ1) is 12.6. The predicted octanol–water partition coefficient (Wildman–Crippen LogP) is 2.49. The quantitative estimate of drug-likeness (QED) is 0.722. The second kappa shape index (κ2) is 9.16. The van der Waals surface area contributed by atoms with Crippen LogP contribution in [0.3, 0.4) is 0 Å². The molecule has 2 heterocycles. The first kappa shape index (κ1) is 18.9. The van der Waals surface area contributed by atoms with Gasteiger partial charge in [0.15, 0.2) is 0 Å². The molecule has 6 nitrogen and oxygen atoms in total. The van der Waals surface area contributed by atoms with E-state index in [1.165, 1.54) is 5.56 Å². The lowest BCUT2D eigenvalue weighted by Crippen LogP contribution is -2.45. The minimum atomic E-state index is 0.187. The van der Waals surface area contributed by atoms with Crippen LogP contribution < -0.4 is 4.74 Å². The topological polar surface area (TPSA) is 45.0 Å². The van der Waals surface area contributed by atoms with Crippen molar-refractivity contribution in [2.24, 2.45) is 0 Å². The van der Waals surface area contributed by atoms with Gasteiger partial charge in [-0.05, 0) is 27.1 Å². The highest BCUT2D eigenvalue weighted by atomic mass is 16.5. The highest BCUT2D eigenvalue weighted by Gasteiger charge is 2.17. The average Bonchev–Trinajstić information content (AvgIpc) is 3.19. The molecule has 2 aromatic rings. The summed E-state index contributed by atoms with van der Waals surface area (Å²) in [7, 11) is 4.28. The summed E-state index contributed by atoms with van der Waals surface area (Å²) in [4.78, 5) is 7.10. The Morgan fingerprint density at radius 2 is 1.96 bits per heavy atom. The molecule has 0 amide bonds. The Kier molecular flexibility index (Phi) is 6.66. The summed E-state index contributed by atoms with van der Waals surface area (Å²) in [5, 5.41) is 4.05. The third-order valence-electron chi connectivity index (χ3n) is 5.20. The van der Waals surface area contributed by atoms with Crippen molar-refractivity contribution in [3.05, 3.63) is 47.9 Å². The van der Waals surface area contributed by atoms with E-state index in [0.29, 0.717) is 0 Å². The average molecular weight is 358 g/mol. The lowest BCUT2D eigenvalue weighted by Gasteiger charge is -2.32. The highest BCUT2D eigenvalue weighted by molar-refractivity contribution is 5.33. The minimum Gasteiger partial charge on any atom is -0.492 e. The maximum atomic E-state index is 6.12. The second-order valence-electron chi connectivity index (χ2n) is 7.12. The van der Waals surface area contributed by atoms with Crippen LogP contribution in [-0.2, 0) is 6.54 Å². The summed E-state index contributed by atoms with van der Waals surface area (Å²) in [5.41, 5.74) is 2.14. The Morgan fingerprint density at radius 3 is 2.69 bits per heavy atom. The van der Waals surface area contributed by atoms with Gasteiger partial charge in [0.05, 0.1) is 6.04 Å². The molecule has 1 atom stereocenters. The van der Waals surface area contributed by atoms with Crippen molar-refractivity contribution in [3.8, 4) is 5.75 Å². The number of hydrogen-bond donors (Lipinski definition) is 0. The molecule has 1 aromatic carbocycles. The predicted molar refractivity (Wildman–Crippen MR) is 102 cm³/mol. The normalized spacial score (nSPS) is 17.5. The zero-order chi connectivity index (χ0) is 18.4. The zero-order valence-electron chi connectivity index (χ0n) is 16.1. The maximum absolute atomic E-state index is 6.12. The summed E-state index contributed by atoms with van der Waals surface area (Å²) >= 11 is 0. The van der Waals surface area contributed by atoms with Gasteiger partial charge in [-0.2, -0.15) is 0 Å². The SMILES string of the molecule is CC(c1ccon1)N(C)Cc1ccccc1OCCN1CCN(C)CC1. The van der Waals surface area contributed by atoms with Crippen LogP contribution in [0.15, 0.2) is 41.1 Å². The Labute approximate surface area is 156 Å². The Hall–Kier alpha value is -1.89. The molecule has 0 radical (unpaired) electrons. The van der Waals surface area contributed by atoms with Crippen molar-refractivity contribution in [3.63, 3.8) is 0 Å². The number of aromatic nitrogens is 1. The van der Waals surface area contributed by atoms with Gasteiger partial charge in [-0.15, -0.1) is 0 Å². The number of ether oxygens (including phenoxy) is 1. The van der Waals surface area contributed by atoms with E-state index in [2.05, 4.69) is 59.1 Å². The van der Waals surface area contributed by atoms with Crippen LogP contribution in [0.25, 0.3) is 0 Å². The molecule has 0 aliphatic carbocycles. The van der Waals surface area contributed by atoms with E-state index in [1.54, 1.807) is 6.26 Å². The fourth-order valence-corrected chi connectivity index (χ4v) is 3.20. The van der Waals surface area contributed by atoms with Gasteiger partial charge in [-0.25, -0.2) is 0 Å². The third kappa shape index (κ3) is 5.06. The molecule has 26 heavy (non-hydrogen) atoms. The maximum Gasteiger partial charge on any atom is 0.124 e. The van der Waals surface area contributed by atoms with E-state index in [0.717, 1.165) is 57.3 Å². The highest BCUT2D eigenvalue weighted by Crippen LogP contribution is 2.24. The van der Waals surface area contributed by atoms with Gasteiger partial charge in [0.2, 0.25) is 0 Å². The number of benzene rings is 1. The van der Waals surface area contributed by atoms with E-state index < -0.39 is 0 Å². The number of rotatable bonds is 8. The van der Waals surface area contributed by atoms with Crippen LogP contribution in [0.1, 0.15) is 24.2 Å². The molecule has 1 fully saturated rings. The molecular formula is C20H30N4O2. The molecule has 0 spiro atoms. The van der Waals surface area contributed by atoms with Crippen LogP contribution >= 0.6 is 0 Å². The first-order valence-corrected chi connectivity index (χ1v) is 9.35. The van der Waals surface area contributed by atoms with E-state index in [4.69, 9.17) is 9.26 Å². The Balaban J connectivity index is 1.52. The summed E-state index contributed by atoms with van der Waals surface area (Å²) < 4.78 is 11.1. The van der Waals surface area contributed by atoms with E-state index >= 15 is 0 Å². The summed E-state index contributed by atoms with van der Waals surface area (Å²) in [6.45, 7) is 9.17. The number of para-hydroxylation sites is 1. The molecule has 0 saturated carbocycles.